The number of thioether (sulfide) groups is 1. The van der Waals surface area contributed by atoms with Gasteiger partial charge < -0.3 is 0 Å². The second-order valence-electron chi connectivity index (χ2n) is 4.89. The fourth-order valence-corrected chi connectivity index (χ4v) is 3.59. The average molecular weight is 292 g/mol. The lowest BCUT2D eigenvalue weighted by Crippen LogP contribution is -2.38. The minimum Gasteiger partial charge on any atom is -0.297 e. The van der Waals surface area contributed by atoms with Crippen molar-refractivity contribution in [3.05, 3.63) is 29.2 Å². The van der Waals surface area contributed by atoms with Gasteiger partial charge in [-0.25, -0.2) is 0 Å². The normalized spacial score (nSPS) is 17.1. The fourth-order valence-electron chi connectivity index (χ4n) is 2.44. The molecule has 1 fully saturated rings. The Bertz CT molecular complexity index is 608. The third kappa shape index (κ3) is 2.34. The lowest BCUT2D eigenvalue weighted by Gasteiger charge is -2.40. The highest BCUT2D eigenvalue weighted by molar-refractivity contribution is 8.00. The lowest BCUT2D eigenvalue weighted by molar-refractivity contribution is 0.321. The monoisotopic (exact) mass is 292 g/mol. The predicted molar refractivity (Wildman–Crippen MR) is 80.7 cm³/mol. The second-order valence-corrected chi connectivity index (χ2v) is 6.56. The molecule has 0 bridgehead atoms. The first-order valence-corrected chi connectivity index (χ1v) is 7.99. The van der Waals surface area contributed by atoms with Gasteiger partial charge in [-0.05, 0) is 43.4 Å². The molecule has 0 saturated heterocycles. The summed E-state index contributed by atoms with van der Waals surface area (Å²) in [6.07, 6.45) is 7.78. The fraction of sp³-hybridized carbons (Fsp3) is 0.462. The molecule has 1 N–H and O–H groups in total. The van der Waals surface area contributed by atoms with Crippen molar-refractivity contribution >= 4 is 24.0 Å². The largest absolute Gasteiger partial charge is 0.297 e. The number of aromatic amines is 1. The van der Waals surface area contributed by atoms with E-state index in [1.165, 1.54) is 19.3 Å². The van der Waals surface area contributed by atoms with Crippen LogP contribution in [0.15, 0.2) is 24.4 Å². The van der Waals surface area contributed by atoms with Crippen molar-refractivity contribution in [1.82, 2.24) is 19.7 Å². The van der Waals surface area contributed by atoms with Crippen molar-refractivity contribution in [2.45, 2.75) is 30.6 Å². The van der Waals surface area contributed by atoms with E-state index >= 15 is 0 Å². The molecular weight excluding hydrogens is 276 g/mol. The van der Waals surface area contributed by atoms with Crippen LogP contribution in [0.2, 0.25) is 0 Å². The van der Waals surface area contributed by atoms with Crippen LogP contribution in [0.3, 0.4) is 0 Å². The molecule has 3 rings (SSSR count). The van der Waals surface area contributed by atoms with Crippen LogP contribution in [0.4, 0.5) is 0 Å². The summed E-state index contributed by atoms with van der Waals surface area (Å²) in [4.78, 5) is 4.37. The molecule has 1 saturated carbocycles. The average Bonchev–Trinajstić information content (AvgIpc) is 2.76. The van der Waals surface area contributed by atoms with Crippen molar-refractivity contribution < 1.29 is 0 Å². The van der Waals surface area contributed by atoms with Crippen molar-refractivity contribution in [2.24, 2.45) is 0 Å². The van der Waals surface area contributed by atoms with Crippen molar-refractivity contribution in [1.29, 1.82) is 0 Å². The van der Waals surface area contributed by atoms with Crippen molar-refractivity contribution in [3.63, 3.8) is 0 Å². The molecule has 0 atom stereocenters. The van der Waals surface area contributed by atoms with Crippen LogP contribution in [0.1, 0.15) is 19.3 Å². The third-order valence-corrected chi connectivity index (χ3v) is 5.51. The highest BCUT2D eigenvalue weighted by atomic mass is 32.2. The molecule has 0 aromatic carbocycles. The number of hydrogen-bond acceptors (Lipinski definition) is 4. The van der Waals surface area contributed by atoms with Crippen LogP contribution < -0.4 is 0 Å². The summed E-state index contributed by atoms with van der Waals surface area (Å²) in [5.41, 5.74) is 0.866. The quantitative estimate of drug-likeness (QED) is 0.878. The molecule has 1 aliphatic rings. The summed E-state index contributed by atoms with van der Waals surface area (Å²) in [5, 5.41) is 7.23. The van der Waals surface area contributed by atoms with Gasteiger partial charge in [-0.3, -0.25) is 14.6 Å². The summed E-state index contributed by atoms with van der Waals surface area (Å²) in [6.45, 7) is 0.912. The van der Waals surface area contributed by atoms with Crippen LogP contribution in [-0.4, -0.2) is 30.8 Å². The van der Waals surface area contributed by atoms with Crippen molar-refractivity contribution in [3.8, 4) is 11.5 Å². The number of nitrogens with one attached hydrogen (secondary N) is 1. The number of pyridine rings is 1. The van der Waals surface area contributed by atoms with E-state index in [0.29, 0.717) is 9.52 Å². The summed E-state index contributed by atoms with van der Waals surface area (Å²) in [7, 11) is 0. The summed E-state index contributed by atoms with van der Waals surface area (Å²) >= 11 is 7.31. The van der Waals surface area contributed by atoms with Crippen LogP contribution in [0, 0.1) is 4.77 Å². The predicted octanol–water partition coefficient (Wildman–Crippen LogP) is 3.29. The van der Waals surface area contributed by atoms with E-state index in [0.717, 1.165) is 18.1 Å². The van der Waals surface area contributed by atoms with Crippen molar-refractivity contribution in [2.75, 3.05) is 6.26 Å². The zero-order chi connectivity index (χ0) is 13.3. The molecule has 0 amide bonds. The third-order valence-electron chi connectivity index (χ3n) is 3.80. The van der Waals surface area contributed by atoms with E-state index in [-0.39, 0.29) is 0 Å². The molecule has 100 valence electrons. The summed E-state index contributed by atoms with van der Waals surface area (Å²) in [6, 6.07) is 5.84. The molecule has 1 aliphatic carbocycles. The van der Waals surface area contributed by atoms with E-state index in [4.69, 9.17) is 12.2 Å². The maximum atomic E-state index is 5.37. The Balaban J connectivity index is 1.98. The Morgan fingerprint density at radius 2 is 2.32 bits per heavy atom. The second kappa shape index (κ2) is 5.09. The Kier molecular flexibility index (Phi) is 3.45. The number of nitrogens with zero attached hydrogens (tertiary/aromatic N) is 3. The van der Waals surface area contributed by atoms with Gasteiger partial charge in [-0.1, -0.05) is 12.5 Å². The number of H-pyrrole nitrogens is 1. The van der Waals surface area contributed by atoms with Gasteiger partial charge in [0.25, 0.3) is 0 Å². The first-order chi connectivity index (χ1) is 9.24. The van der Waals surface area contributed by atoms with Crippen LogP contribution >= 0.6 is 24.0 Å². The molecule has 6 heteroatoms. The van der Waals surface area contributed by atoms with E-state index in [1.54, 1.807) is 6.20 Å². The minimum atomic E-state index is 0.325. The number of aromatic nitrogens is 4. The van der Waals surface area contributed by atoms with Gasteiger partial charge in [-0.15, -0.1) is 0 Å². The molecule has 0 aliphatic heterocycles. The summed E-state index contributed by atoms with van der Waals surface area (Å²) in [5.74, 6) is 0.839. The molecule has 4 nitrogen and oxygen atoms in total. The highest BCUT2D eigenvalue weighted by Crippen LogP contribution is 2.44. The molecule has 2 aromatic rings. The van der Waals surface area contributed by atoms with E-state index in [1.807, 2.05) is 30.0 Å². The van der Waals surface area contributed by atoms with Crippen LogP contribution in [0.25, 0.3) is 11.5 Å². The minimum absolute atomic E-state index is 0.325. The van der Waals surface area contributed by atoms with Crippen LogP contribution in [-0.2, 0) is 6.54 Å². The zero-order valence-corrected chi connectivity index (χ0v) is 12.4. The van der Waals surface area contributed by atoms with Gasteiger partial charge >= 0.3 is 0 Å². The first kappa shape index (κ1) is 12.9. The Labute approximate surface area is 121 Å². The maximum absolute atomic E-state index is 5.37. The molecule has 0 spiro atoms. The van der Waals surface area contributed by atoms with Gasteiger partial charge in [0, 0.05) is 17.5 Å². The first-order valence-electron chi connectivity index (χ1n) is 6.36. The van der Waals surface area contributed by atoms with E-state index in [2.05, 4.69) is 26.0 Å². The molecule has 2 aromatic heterocycles. The van der Waals surface area contributed by atoms with Gasteiger partial charge in [0.05, 0.1) is 0 Å². The van der Waals surface area contributed by atoms with Gasteiger partial charge in [0.15, 0.2) is 10.6 Å². The molecule has 0 radical (unpaired) electrons. The van der Waals surface area contributed by atoms with Gasteiger partial charge in [0.1, 0.15) is 5.69 Å². The molecule has 19 heavy (non-hydrogen) atoms. The number of rotatable bonds is 4. The van der Waals surface area contributed by atoms with Gasteiger partial charge in [-0.2, -0.15) is 16.9 Å². The van der Waals surface area contributed by atoms with Crippen LogP contribution in [0.5, 0.6) is 0 Å². The molecule has 0 unspecified atom stereocenters. The Morgan fingerprint density at radius 1 is 1.47 bits per heavy atom. The smallest absolute Gasteiger partial charge is 0.195 e. The standard InChI is InChI=1S/C13H16N4S2/c1-19-13(6-4-7-13)9-17-11(15-16-12(17)18)10-5-2-3-8-14-10/h2-3,5,8H,4,6-7,9H2,1H3,(H,16,18). The Hall–Kier alpha value is -1.14. The van der Waals surface area contributed by atoms with Gasteiger partial charge in [0.2, 0.25) is 0 Å². The Morgan fingerprint density at radius 3 is 2.89 bits per heavy atom. The number of hydrogen-bond donors (Lipinski definition) is 1. The zero-order valence-electron chi connectivity index (χ0n) is 10.8. The highest BCUT2D eigenvalue weighted by Gasteiger charge is 2.37. The molecular formula is C13H16N4S2. The topological polar surface area (TPSA) is 46.5 Å². The summed E-state index contributed by atoms with van der Waals surface area (Å²) < 4.78 is 3.10. The van der Waals surface area contributed by atoms with E-state index < -0.39 is 0 Å². The SMILES string of the molecule is CSC1(Cn2c(-c3ccccn3)n[nH]c2=S)CCC1. The lowest BCUT2D eigenvalue weighted by atomic mass is 9.84. The van der Waals surface area contributed by atoms with E-state index in [9.17, 15) is 0 Å². The maximum Gasteiger partial charge on any atom is 0.195 e. The molecule has 2 heterocycles.